The van der Waals surface area contributed by atoms with E-state index in [2.05, 4.69) is 5.32 Å². The second kappa shape index (κ2) is 6.37. The topological polar surface area (TPSA) is 49.3 Å². The third-order valence-electron chi connectivity index (χ3n) is 5.34. The molecule has 2 saturated carbocycles. The van der Waals surface area contributed by atoms with Crippen molar-refractivity contribution >= 4 is 5.91 Å². The molecule has 4 heteroatoms. The van der Waals surface area contributed by atoms with Crippen molar-refractivity contribution in [2.24, 2.45) is 5.92 Å². The Morgan fingerprint density at radius 1 is 1.23 bits per heavy atom. The van der Waals surface area contributed by atoms with Crippen molar-refractivity contribution in [1.82, 2.24) is 5.32 Å². The van der Waals surface area contributed by atoms with Crippen LogP contribution in [0.15, 0.2) is 24.3 Å². The Balaban J connectivity index is 1.63. The molecular weight excluding hydrogens is 281 g/mol. The van der Waals surface area contributed by atoms with Crippen LogP contribution in [0.3, 0.4) is 0 Å². The molecule has 2 fully saturated rings. The van der Waals surface area contributed by atoms with Gasteiger partial charge in [-0.25, -0.2) is 4.39 Å². The van der Waals surface area contributed by atoms with Gasteiger partial charge in [0.15, 0.2) is 0 Å². The lowest BCUT2D eigenvalue weighted by Crippen LogP contribution is -2.50. The number of aliphatic hydroxyl groups excluding tert-OH is 1. The van der Waals surface area contributed by atoms with Crippen LogP contribution in [0.4, 0.5) is 4.39 Å². The first-order valence-electron chi connectivity index (χ1n) is 8.32. The van der Waals surface area contributed by atoms with Crippen LogP contribution in [0.5, 0.6) is 0 Å². The number of carbonyl (C=O) groups excluding carboxylic acids is 1. The van der Waals surface area contributed by atoms with Gasteiger partial charge in [0.25, 0.3) is 0 Å². The molecule has 2 atom stereocenters. The van der Waals surface area contributed by atoms with E-state index in [1.165, 1.54) is 12.1 Å². The SMILES string of the molecule is O=C(NCC1CCCC(O)C1)C1(c2ccc(F)cc2)CCC1. The van der Waals surface area contributed by atoms with Crippen LogP contribution in [0, 0.1) is 11.7 Å². The summed E-state index contributed by atoms with van der Waals surface area (Å²) in [5.74, 6) is 0.165. The lowest BCUT2D eigenvalue weighted by Gasteiger charge is -2.41. The summed E-state index contributed by atoms with van der Waals surface area (Å²) in [6, 6.07) is 6.33. The Morgan fingerprint density at radius 2 is 1.95 bits per heavy atom. The quantitative estimate of drug-likeness (QED) is 0.898. The van der Waals surface area contributed by atoms with Crippen LogP contribution in [-0.4, -0.2) is 23.7 Å². The first-order chi connectivity index (χ1) is 10.6. The molecule has 1 amide bonds. The highest BCUT2D eigenvalue weighted by Crippen LogP contribution is 2.44. The van der Waals surface area contributed by atoms with E-state index in [4.69, 9.17) is 0 Å². The van der Waals surface area contributed by atoms with Crippen molar-refractivity contribution in [1.29, 1.82) is 0 Å². The largest absolute Gasteiger partial charge is 0.393 e. The van der Waals surface area contributed by atoms with E-state index < -0.39 is 5.41 Å². The van der Waals surface area contributed by atoms with E-state index in [1.54, 1.807) is 12.1 Å². The van der Waals surface area contributed by atoms with Gasteiger partial charge in [0, 0.05) is 6.54 Å². The summed E-state index contributed by atoms with van der Waals surface area (Å²) in [6.45, 7) is 0.638. The van der Waals surface area contributed by atoms with E-state index in [0.29, 0.717) is 12.5 Å². The van der Waals surface area contributed by atoms with E-state index in [9.17, 15) is 14.3 Å². The van der Waals surface area contributed by atoms with E-state index >= 15 is 0 Å². The highest BCUT2D eigenvalue weighted by Gasteiger charge is 2.45. The first-order valence-corrected chi connectivity index (χ1v) is 8.32. The zero-order valence-electron chi connectivity index (χ0n) is 12.9. The molecule has 0 spiro atoms. The predicted molar refractivity (Wildman–Crippen MR) is 82.9 cm³/mol. The van der Waals surface area contributed by atoms with Gasteiger partial charge in [0.2, 0.25) is 5.91 Å². The van der Waals surface area contributed by atoms with Gasteiger partial charge in [-0.3, -0.25) is 4.79 Å². The van der Waals surface area contributed by atoms with Crippen LogP contribution in [0.25, 0.3) is 0 Å². The normalized spacial score (nSPS) is 27.0. The fourth-order valence-electron chi connectivity index (χ4n) is 3.80. The minimum absolute atomic E-state index is 0.0606. The van der Waals surface area contributed by atoms with Crippen molar-refractivity contribution < 1.29 is 14.3 Å². The average Bonchev–Trinajstić information content (AvgIpc) is 2.46. The number of aliphatic hydroxyl groups is 1. The Bertz CT molecular complexity index is 524. The van der Waals surface area contributed by atoms with Crippen molar-refractivity contribution in [3.63, 3.8) is 0 Å². The second-order valence-electron chi connectivity index (χ2n) is 6.84. The Hall–Kier alpha value is -1.42. The summed E-state index contributed by atoms with van der Waals surface area (Å²) < 4.78 is 13.1. The Labute approximate surface area is 130 Å². The standard InChI is InChI=1S/C18H24FNO2/c19-15-7-5-14(6-8-15)18(9-2-10-18)17(22)20-12-13-3-1-4-16(21)11-13/h5-8,13,16,21H,1-4,9-12H2,(H,20,22). The molecule has 1 aromatic carbocycles. The maximum Gasteiger partial charge on any atom is 0.230 e. The first kappa shape index (κ1) is 15.5. The third-order valence-corrected chi connectivity index (χ3v) is 5.34. The summed E-state index contributed by atoms with van der Waals surface area (Å²) in [7, 11) is 0. The number of benzene rings is 1. The molecular formula is C18H24FNO2. The van der Waals surface area contributed by atoms with Gasteiger partial charge >= 0.3 is 0 Å². The van der Waals surface area contributed by atoms with E-state index in [-0.39, 0.29) is 17.8 Å². The fourth-order valence-corrected chi connectivity index (χ4v) is 3.80. The number of amides is 1. The molecule has 0 bridgehead atoms. The Morgan fingerprint density at radius 3 is 2.55 bits per heavy atom. The maximum atomic E-state index is 13.1. The average molecular weight is 305 g/mol. The monoisotopic (exact) mass is 305 g/mol. The molecule has 0 aliphatic heterocycles. The number of carbonyl (C=O) groups is 1. The zero-order valence-corrected chi connectivity index (χ0v) is 12.9. The van der Waals surface area contributed by atoms with Crippen LogP contribution >= 0.6 is 0 Å². The molecule has 2 N–H and O–H groups in total. The zero-order chi connectivity index (χ0) is 15.6. The van der Waals surface area contributed by atoms with Crippen LogP contribution < -0.4 is 5.32 Å². The van der Waals surface area contributed by atoms with Gasteiger partial charge in [-0.1, -0.05) is 25.0 Å². The minimum atomic E-state index is -0.471. The number of halogens is 1. The molecule has 0 heterocycles. The summed E-state index contributed by atoms with van der Waals surface area (Å²) in [6.07, 6.45) is 6.24. The molecule has 0 radical (unpaired) electrons. The van der Waals surface area contributed by atoms with E-state index in [1.807, 2.05) is 0 Å². The van der Waals surface area contributed by atoms with Gasteiger partial charge in [0.05, 0.1) is 11.5 Å². The summed E-state index contributed by atoms with van der Waals surface area (Å²) in [4.78, 5) is 12.7. The summed E-state index contributed by atoms with van der Waals surface area (Å²) in [5.41, 5.74) is 0.447. The number of rotatable bonds is 4. The molecule has 120 valence electrons. The predicted octanol–water partition coefficient (Wildman–Crippen LogP) is 2.91. The lowest BCUT2D eigenvalue weighted by molar-refractivity contribution is -0.130. The Kier molecular flexibility index (Phi) is 4.48. The molecule has 22 heavy (non-hydrogen) atoms. The maximum absolute atomic E-state index is 13.1. The second-order valence-corrected chi connectivity index (χ2v) is 6.84. The molecule has 1 aromatic rings. The molecule has 2 aliphatic carbocycles. The number of hydrogen-bond acceptors (Lipinski definition) is 2. The number of nitrogens with one attached hydrogen (secondary N) is 1. The molecule has 0 saturated heterocycles. The van der Waals surface area contributed by atoms with Gasteiger partial charge < -0.3 is 10.4 Å². The van der Waals surface area contributed by atoms with Crippen molar-refractivity contribution in [3.05, 3.63) is 35.6 Å². The van der Waals surface area contributed by atoms with Gasteiger partial charge in [-0.05, 0) is 55.7 Å². The molecule has 2 aliphatic rings. The van der Waals surface area contributed by atoms with Crippen LogP contribution in [0.2, 0.25) is 0 Å². The third kappa shape index (κ3) is 3.02. The highest BCUT2D eigenvalue weighted by molar-refractivity contribution is 5.89. The molecule has 3 rings (SSSR count). The van der Waals surface area contributed by atoms with Gasteiger partial charge in [-0.2, -0.15) is 0 Å². The lowest BCUT2D eigenvalue weighted by atomic mass is 9.63. The fraction of sp³-hybridized carbons (Fsp3) is 0.611. The van der Waals surface area contributed by atoms with Crippen LogP contribution in [0.1, 0.15) is 50.5 Å². The molecule has 2 unspecified atom stereocenters. The van der Waals surface area contributed by atoms with Crippen molar-refractivity contribution in [2.45, 2.75) is 56.5 Å². The number of hydrogen-bond donors (Lipinski definition) is 2. The molecule has 0 aromatic heterocycles. The van der Waals surface area contributed by atoms with E-state index in [0.717, 1.165) is 50.5 Å². The highest BCUT2D eigenvalue weighted by atomic mass is 19.1. The summed E-state index contributed by atoms with van der Waals surface area (Å²) in [5, 5.41) is 12.8. The van der Waals surface area contributed by atoms with Crippen molar-refractivity contribution in [2.75, 3.05) is 6.54 Å². The minimum Gasteiger partial charge on any atom is -0.393 e. The van der Waals surface area contributed by atoms with Gasteiger partial charge in [0.1, 0.15) is 5.82 Å². The smallest absolute Gasteiger partial charge is 0.230 e. The molecule has 3 nitrogen and oxygen atoms in total. The van der Waals surface area contributed by atoms with Crippen molar-refractivity contribution in [3.8, 4) is 0 Å². The van der Waals surface area contributed by atoms with Crippen LogP contribution in [-0.2, 0) is 10.2 Å². The van der Waals surface area contributed by atoms with Gasteiger partial charge in [-0.15, -0.1) is 0 Å². The summed E-state index contributed by atoms with van der Waals surface area (Å²) >= 11 is 0.